The first-order valence-corrected chi connectivity index (χ1v) is 7.55. The molecular formula is C17H24N2O2. The fourth-order valence-electron chi connectivity index (χ4n) is 2.94. The SMILES string of the molecule is CC(C)c1cccc(C(C)C)c1N1CC(C(N)=O)CC1=O. The van der Waals surface area contributed by atoms with Crippen molar-refractivity contribution >= 4 is 17.5 Å². The molecule has 0 saturated carbocycles. The van der Waals surface area contributed by atoms with Gasteiger partial charge < -0.3 is 10.6 Å². The minimum atomic E-state index is -0.390. The predicted octanol–water partition coefficient (Wildman–Crippen LogP) is 2.77. The van der Waals surface area contributed by atoms with Crippen molar-refractivity contribution in [1.29, 1.82) is 0 Å². The molecule has 2 rings (SSSR count). The van der Waals surface area contributed by atoms with Crippen molar-refractivity contribution in [2.24, 2.45) is 11.7 Å². The van der Waals surface area contributed by atoms with Gasteiger partial charge in [0.1, 0.15) is 0 Å². The molecule has 0 bridgehead atoms. The van der Waals surface area contributed by atoms with Gasteiger partial charge in [0.05, 0.1) is 11.6 Å². The van der Waals surface area contributed by atoms with Crippen LogP contribution in [0.3, 0.4) is 0 Å². The molecule has 0 aromatic heterocycles. The van der Waals surface area contributed by atoms with E-state index >= 15 is 0 Å². The van der Waals surface area contributed by atoms with Gasteiger partial charge in [0.15, 0.2) is 0 Å². The van der Waals surface area contributed by atoms with E-state index in [1.165, 1.54) is 0 Å². The number of primary amides is 1. The minimum Gasteiger partial charge on any atom is -0.369 e. The number of anilines is 1. The number of para-hydroxylation sites is 1. The van der Waals surface area contributed by atoms with Gasteiger partial charge >= 0.3 is 0 Å². The molecule has 4 heteroatoms. The standard InChI is InChI=1S/C17H24N2O2/c1-10(2)13-6-5-7-14(11(3)4)16(13)19-9-12(17(18)21)8-15(19)20/h5-7,10-12H,8-9H2,1-4H3,(H2,18,21). The molecule has 1 saturated heterocycles. The van der Waals surface area contributed by atoms with Crippen molar-refractivity contribution in [3.8, 4) is 0 Å². The maximum absolute atomic E-state index is 12.4. The van der Waals surface area contributed by atoms with Crippen LogP contribution in [0.4, 0.5) is 5.69 Å². The van der Waals surface area contributed by atoms with Gasteiger partial charge in [-0.3, -0.25) is 9.59 Å². The van der Waals surface area contributed by atoms with Crippen molar-refractivity contribution in [2.75, 3.05) is 11.4 Å². The summed E-state index contributed by atoms with van der Waals surface area (Å²) in [5, 5.41) is 0. The fraction of sp³-hybridized carbons (Fsp3) is 0.529. The highest BCUT2D eigenvalue weighted by atomic mass is 16.2. The van der Waals surface area contributed by atoms with Gasteiger partial charge in [0, 0.05) is 13.0 Å². The minimum absolute atomic E-state index is 0.00574. The highest BCUT2D eigenvalue weighted by Gasteiger charge is 2.36. The Hall–Kier alpha value is -1.84. The van der Waals surface area contributed by atoms with Crippen LogP contribution in [0.5, 0.6) is 0 Å². The van der Waals surface area contributed by atoms with Crippen LogP contribution in [0.1, 0.15) is 57.1 Å². The van der Waals surface area contributed by atoms with Gasteiger partial charge in [-0.2, -0.15) is 0 Å². The van der Waals surface area contributed by atoms with Gasteiger partial charge in [-0.25, -0.2) is 0 Å². The number of amides is 2. The molecule has 2 N–H and O–H groups in total. The van der Waals surface area contributed by atoms with E-state index in [1.54, 1.807) is 4.90 Å². The van der Waals surface area contributed by atoms with Crippen LogP contribution in [0.15, 0.2) is 18.2 Å². The lowest BCUT2D eigenvalue weighted by molar-refractivity contribution is -0.123. The van der Waals surface area contributed by atoms with Crippen LogP contribution in [0, 0.1) is 5.92 Å². The van der Waals surface area contributed by atoms with Crippen LogP contribution in [-0.2, 0) is 9.59 Å². The second-order valence-corrected chi connectivity index (χ2v) is 6.40. The van der Waals surface area contributed by atoms with E-state index in [9.17, 15) is 9.59 Å². The Morgan fingerprint density at radius 2 is 1.71 bits per heavy atom. The van der Waals surface area contributed by atoms with Crippen LogP contribution in [-0.4, -0.2) is 18.4 Å². The molecule has 0 radical (unpaired) electrons. The molecule has 1 aliphatic heterocycles. The number of nitrogens with two attached hydrogens (primary N) is 1. The number of benzene rings is 1. The molecule has 1 unspecified atom stereocenters. The monoisotopic (exact) mass is 288 g/mol. The average molecular weight is 288 g/mol. The topological polar surface area (TPSA) is 63.4 Å². The van der Waals surface area contributed by atoms with Crippen LogP contribution >= 0.6 is 0 Å². The average Bonchev–Trinajstić information content (AvgIpc) is 2.79. The Kier molecular flexibility index (Phi) is 4.35. The van der Waals surface area contributed by atoms with Gasteiger partial charge in [0.2, 0.25) is 11.8 Å². The van der Waals surface area contributed by atoms with E-state index in [2.05, 4.69) is 39.8 Å². The number of hydrogen-bond acceptors (Lipinski definition) is 2. The molecule has 114 valence electrons. The van der Waals surface area contributed by atoms with E-state index in [0.717, 1.165) is 16.8 Å². The number of rotatable bonds is 4. The zero-order valence-corrected chi connectivity index (χ0v) is 13.2. The summed E-state index contributed by atoms with van der Waals surface area (Å²) < 4.78 is 0. The first-order valence-electron chi connectivity index (χ1n) is 7.55. The van der Waals surface area contributed by atoms with Gasteiger partial charge in [0.25, 0.3) is 0 Å². The van der Waals surface area contributed by atoms with Crippen LogP contribution in [0.25, 0.3) is 0 Å². The molecule has 1 aromatic carbocycles. The third-order valence-corrected chi connectivity index (χ3v) is 4.14. The van der Waals surface area contributed by atoms with E-state index in [0.29, 0.717) is 18.4 Å². The summed E-state index contributed by atoms with van der Waals surface area (Å²) in [5.41, 5.74) is 8.67. The largest absolute Gasteiger partial charge is 0.369 e. The predicted molar refractivity (Wildman–Crippen MR) is 84.3 cm³/mol. The summed E-state index contributed by atoms with van der Waals surface area (Å²) in [6.45, 7) is 8.88. The molecule has 1 atom stereocenters. The Bertz CT molecular complexity index is 538. The van der Waals surface area contributed by atoms with E-state index in [-0.39, 0.29) is 24.2 Å². The Labute approximate surface area is 126 Å². The number of carbonyl (C=O) groups is 2. The van der Waals surface area contributed by atoms with Crippen LogP contribution in [0.2, 0.25) is 0 Å². The lowest BCUT2D eigenvalue weighted by atomic mass is 9.92. The van der Waals surface area contributed by atoms with Crippen molar-refractivity contribution < 1.29 is 9.59 Å². The lowest BCUT2D eigenvalue weighted by Crippen LogP contribution is -2.30. The lowest BCUT2D eigenvalue weighted by Gasteiger charge is -2.27. The molecule has 1 aromatic rings. The summed E-state index contributed by atoms with van der Waals surface area (Å²) in [4.78, 5) is 25.5. The van der Waals surface area contributed by atoms with Gasteiger partial charge in [-0.05, 0) is 23.0 Å². The first kappa shape index (κ1) is 15.5. The smallest absolute Gasteiger partial charge is 0.227 e. The maximum atomic E-state index is 12.4. The zero-order chi connectivity index (χ0) is 15.7. The summed E-state index contributed by atoms with van der Waals surface area (Å²) in [6, 6.07) is 6.17. The molecule has 0 aliphatic carbocycles. The summed E-state index contributed by atoms with van der Waals surface area (Å²) >= 11 is 0. The second kappa shape index (κ2) is 5.88. The molecule has 1 fully saturated rings. The summed E-state index contributed by atoms with van der Waals surface area (Å²) in [7, 11) is 0. The molecule has 0 spiro atoms. The highest BCUT2D eigenvalue weighted by Crippen LogP contribution is 2.38. The van der Waals surface area contributed by atoms with E-state index in [1.807, 2.05) is 6.07 Å². The van der Waals surface area contributed by atoms with Crippen molar-refractivity contribution in [3.05, 3.63) is 29.3 Å². The number of nitrogens with zero attached hydrogens (tertiary/aromatic N) is 1. The van der Waals surface area contributed by atoms with E-state index < -0.39 is 0 Å². The normalized spacial score (nSPS) is 18.9. The third-order valence-electron chi connectivity index (χ3n) is 4.14. The molecule has 1 heterocycles. The fourth-order valence-corrected chi connectivity index (χ4v) is 2.94. The van der Waals surface area contributed by atoms with Crippen molar-refractivity contribution in [3.63, 3.8) is 0 Å². The quantitative estimate of drug-likeness (QED) is 0.926. The van der Waals surface area contributed by atoms with E-state index in [4.69, 9.17) is 5.73 Å². The van der Waals surface area contributed by atoms with Gasteiger partial charge in [-0.1, -0.05) is 45.9 Å². The molecule has 4 nitrogen and oxygen atoms in total. The Morgan fingerprint density at radius 3 is 2.10 bits per heavy atom. The highest BCUT2D eigenvalue weighted by molar-refractivity contribution is 6.01. The third kappa shape index (κ3) is 2.94. The number of carbonyl (C=O) groups excluding carboxylic acids is 2. The summed E-state index contributed by atoms with van der Waals surface area (Å²) in [6.07, 6.45) is 0.222. The second-order valence-electron chi connectivity index (χ2n) is 6.40. The first-order chi connectivity index (χ1) is 9.82. The maximum Gasteiger partial charge on any atom is 0.227 e. The Morgan fingerprint density at radius 1 is 1.19 bits per heavy atom. The Balaban J connectivity index is 2.51. The van der Waals surface area contributed by atoms with Crippen molar-refractivity contribution in [1.82, 2.24) is 0 Å². The number of hydrogen-bond donors (Lipinski definition) is 1. The van der Waals surface area contributed by atoms with Crippen LogP contribution < -0.4 is 10.6 Å². The molecular weight excluding hydrogens is 264 g/mol. The van der Waals surface area contributed by atoms with Gasteiger partial charge in [-0.15, -0.1) is 0 Å². The molecule has 1 aliphatic rings. The zero-order valence-electron chi connectivity index (χ0n) is 13.2. The molecule has 2 amide bonds. The molecule has 21 heavy (non-hydrogen) atoms. The van der Waals surface area contributed by atoms with Crippen molar-refractivity contribution in [2.45, 2.75) is 46.0 Å². The summed E-state index contributed by atoms with van der Waals surface area (Å²) in [5.74, 6) is -0.135.